The number of rotatable bonds is 4. The summed E-state index contributed by atoms with van der Waals surface area (Å²) < 4.78 is 28.0. The van der Waals surface area contributed by atoms with E-state index in [9.17, 15) is 9.90 Å². The van der Waals surface area contributed by atoms with Gasteiger partial charge in [0, 0.05) is 17.2 Å². The minimum Gasteiger partial charge on any atom is -0.460 e. The molecule has 0 aliphatic carbocycles. The summed E-state index contributed by atoms with van der Waals surface area (Å²) in [4.78, 5) is 14.4. The largest absolute Gasteiger partial charge is 0.460 e. The maximum absolute atomic E-state index is 13.0. The van der Waals surface area contributed by atoms with Crippen LogP contribution in [0.4, 0.5) is 0 Å². The first-order valence-corrected chi connectivity index (χ1v) is 8.11. The Hall–Kier alpha value is -2.17. The number of hydrogen-bond donors (Lipinski definition) is 1. The smallest absolute Gasteiger partial charge is 0.347 e. The quantitative estimate of drug-likeness (QED) is 0.877. The Bertz CT molecular complexity index is 718. The first kappa shape index (κ1) is 13.2. The van der Waals surface area contributed by atoms with Gasteiger partial charge in [0.1, 0.15) is 6.10 Å². The molecule has 1 saturated heterocycles. The van der Waals surface area contributed by atoms with E-state index in [1.807, 2.05) is 12.1 Å². The van der Waals surface area contributed by atoms with Gasteiger partial charge in [0.15, 0.2) is 0 Å². The van der Waals surface area contributed by atoms with Crippen LogP contribution in [0.1, 0.15) is 28.1 Å². The Morgan fingerprint density at radius 2 is 1.58 bits per heavy atom. The minimum atomic E-state index is -2.14. The summed E-state index contributed by atoms with van der Waals surface area (Å²) in [6.45, 7) is -1.49. The SMILES string of the molecule is [2H]C([2H])([2H])N1CCC(OC(=O)C(O)(c2ccccc2)c2ccccc2)CC1. The number of piperidine rings is 1. The van der Waals surface area contributed by atoms with Gasteiger partial charge in [-0.2, -0.15) is 0 Å². The maximum Gasteiger partial charge on any atom is 0.347 e. The van der Waals surface area contributed by atoms with Gasteiger partial charge in [-0.1, -0.05) is 60.7 Å². The predicted molar refractivity (Wildman–Crippen MR) is 92.5 cm³/mol. The van der Waals surface area contributed by atoms with Crippen LogP contribution in [0.3, 0.4) is 0 Å². The average Bonchev–Trinajstić information content (AvgIpc) is 2.68. The summed E-state index contributed by atoms with van der Waals surface area (Å²) in [5.41, 5.74) is -1.05. The van der Waals surface area contributed by atoms with Crippen LogP contribution in [0.5, 0.6) is 0 Å². The number of likely N-dealkylation sites (tertiary alicyclic amines) is 1. The number of benzene rings is 2. The highest BCUT2D eigenvalue weighted by Gasteiger charge is 2.42. The summed E-state index contributed by atoms with van der Waals surface area (Å²) in [5, 5.41) is 11.4. The van der Waals surface area contributed by atoms with Crippen LogP contribution in [-0.2, 0) is 15.1 Å². The molecule has 1 N–H and O–H groups in total. The highest BCUT2D eigenvalue weighted by Crippen LogP contribution is 2.32. The van der Waals surface area contributed by atoms with Crippen LogP contribution in [0.15, 0.2) is 60.7 Å². The molecule has 3 rings (SSSR count). The lowest BCUT2D eigenvalue weighted by Gasteiger charge is -2.33. The predicted octanol–water partition coefficient (Wildman–Crippen LogP) is 2.56. The zero-order chi connectivity index (χ0) is 19.5. The molecule has 0 radical (unpaired) electrons. The van der Waals surface area contributed by atoms with Crippen molar-refractivity contribution < 1.29 is 18.8 Å². The molecule has 4 heteroatoms. The van der Waals surface area contributed by atoms with Crippen molar-refractivity contribution >= 4 is 5.97 Å². The van der Waals surface area contributed by atoms with E-state index in [2.05, 4.69) is 0 Å². The van der Waals surface area contributed by atoms with Gasteiger partial charge in [-0.3, -0.25) is 0 Å². The Balaban J connectivity index is 1.79. The summed E-state index contributed by atoms with van der Waals surface area (Å²) in [6.07, 6.45) is 0.420. The van der Waals surface area contributed by atoms with E-state index in [4.69, 9.17) is 8.85 Å². The van der Waals surface area contributed by atoms with Crippen LogP contribution >= 0.6 is 0 Å². The lowest BCUT2D eigenvalue weighted by Crippen LogP contribution is -2.43. The number of hydrogen-bond acceptors (Lipinski definition) is 4. The number of carbonyl (C=O) groups excluding carboxylic acids is 1. The topological polar surface area (TPSA) is 49.8 Å². The van der Waals surface area contributed by atoms with Crippen LogP contribution < -0.4 is 0 Å². The molecular weight excluding hydrogens is 302 g/mol. The van der Waals surface area contributed by atoms with Gasteiger partial charge in [0.2, 0.25) is 5.60 Å². The van der Waals surface area contributed by atoms with Crippen LogP contribution in [0, 0.1) is 0 Å². The fraction of sp³-hybridized carbons (Fsp3) is 0.350. The van der Waals surface area contributed by atoms with Crippen molar-refractivity contribution in [1.82, 2.24) is 4.90 Å². The Kier molecular flexibility index (Phi) is 3.92. The van der Waals surface area contributed by atoms with Gasteiger partial charge in [0.25, 0.3) is 0 Å². The van der Waals surface area contributed by atoms with E-state index in [1.54, 1.807) is 48.5 Å². The van der Waals surface area contributed by atoms with Crippen LogP contribution in [0.25, 0.3) is 0 Å². The van der Waals surface area contributed by atoms with Crippen molar-refractivity contribution in [3.05, 3.63) is 71.8 Å². The highest BCUT2D eigenvalue weighted by molar-refractivity contribution is 5.85. The molecule has 2 aromatic carbocycles. The molecule has 1 aliphatic rings. The summed E-state index contributed by atoms with van der Waals surface area (Å²) in [6, 6.07) is 17.4. The van der Waals surface area contributed by atoms with Crippen molar-refractivity contribution in [2.75, 3.05) is 20.1 Å². The molecule has 0 bridgehead atoms. The summed E-state index contributed by atoms with van der Waals surface area (Å²) >= 11 is 0. The van der Waals surface area contributed by atoms with Gasteiger partial charge in [-0.15, -0.1) is 0 Å². The third-order valence-corrected chi connectivity index (χ3v) is 4.39. The Morgan fingerprint density at radius 1 is 1.08 bits per heavy atom. The molecule has 0 aromatic heterocycles. The maximum atomic E-state index is 13.0. The lowest BCUT2D eigenvalue weighted by molar-refractivity contribution is -0.169. The second-order valence-electron chi connectivity index (χ2n) is 6.03. The van der Waals surface area contributed by atoms with Crippen molar-refractivity contribution in [3.8, 4) is 0 Å². The molecular formula is C20H23NO3. The van der Waals surface area contributed by atoms with Crippen molar-refractivity contribution in [1.29, 1.82) is 0 Å². The summed E-state index contributed by atoms with van der Waals surface area (Å²) in [5.74, 6) is -0.743. The molecule has 0 amide bonds. The molecule has 2 aromatic rings. The second-order valence-corrected chi connectivity index (χ2v) is 6.03. The standard InChI is InChI=1S/C20H23NO3/c1-21-14-12-18(13-15-21)24-19(22)20(23,16-8-4-2-5-9-16)17-10-6-3-7-11-17/h2-11,18,23H,12-15H2,1H3/i1D3. The number of aliphatic hydroxyl groups is 1. The van der Waals surface area contributed by atoms with E-state index in [0.717, 1.165) is 0 Å². The van der Waals surface area contributed by atoms with Gasteiger partial charge < -0.3 is 14.7 Å². The fourth-order valence-electron chi connectivity index (χ4n) is 2.97. The van der Waals surface area contributed by atoms with Gasteiger partial charge >= 0.3 is 5.97 Å². The molecule has 0 spiro atoms. The normalized spacial score (nSPS) is 19.1. The van der Waals surface area contributed by atoms with Crippen molar-refractivity contribution in [2.45, 2.75) is 24.5 Å². The Morgan fingerprint density at radius 3 is 2.04 bits per heavy atom. The van der Waals surface area contributed by atoms with Crippen molar-refractivity contribution in [2.24, 2.45) is 0 Å². The van der Waals surface area contributed by atoms with Gasteiger partial charge in [-0.05, 0) is 30.9 Å². The number of ether oxygens (including phenoxy) is 1. The molecule has 1 fully saturated rings. The van der Waals surface area contributed by atoms with Gasteiger partial charge in [-0.25, -0.2) is 4.79 Å². The monoisotopic (exact) mass is 328 g/mol. The third kappa shape index (κ3) is 3.35. The summed E-state index contributed by atoms with van der Waals surface area (Å²) in [7, 11) is 0. The number of carbonyl (C=O) groups is 1. The van der Waals surface area contributed by atoms with E-state index >= 15 is 0 Å². The van der Waals surface area contributed by atoms with E-state index in [-0.39, 0.29) is 0 Å². The fourth-order valence-corrected chi connectivity index (χ4v) is 2.97. The number of nitrogens with zero attached hydrogens (tertiary/aromatic N) is 1. The van der Waals surface area contributed by atoms with E-state index in [0.29, 0.717) is 37.1 Å². The molecule has 0 saturated carbocycles. The molecule has 0 atom stereocenters. The van der Waals surface area contributed by atoms with Crippen molar-refractivity contribution in [3.63, 3.8) is 0 Å². The highest BCUT2D eigenvalue weighted by atomic mass is 16.6. The number of esters is 1. The zero-order valence-corrected chi connectivity index (χ0v) is 13.4. The first-order valence-electron chi connectivity index (χ1n) is 9.61. The molecule has 0 unspecified atom stereocenters. The van der Waals surface area contributed by atoms with Crippen LogP contribution in [-0.4, -0.2) is 42.1 Å². The molecule has 4 nitrogen and oxygen atoms in total. The lowest BCUT2D eigenvalue weighted by atomic mass is 9.86. The first-order chi connectivity index (χ1) is 12.8. The minimum absolute atomic E-state index is 0.323. The molecule has 126 valence electrons. The van der Waals surface area contributed by atoms with Crippen LogP contribution in [0.2, 0.25) is 0 Å². The molecule has 1 heterocycles. The third-order valence-electron chi connectivity index (χ3n) is 4.39. The molecule has 1 aliphatic heterocycles. The average molecular weight is 328 g/mol. The van der Waals surface area contributed by atoms with Gasteiger partial charge in [0.05, 0.1) is 0 Å². The van der Waals surface area contributed by atoms with E-state index in [1.165, 1.54) is 4.90 Å². The Labute approximate surface area is 146 Å². The zero-order valence-electron chi connectivity index (χ0n) is 16.4. The van der Waals surface area contributed by atoms with E-state index < -0.39 is 24.7 Å². The molecule has 24 heavy (non-hydrogen) atoms. The second kappa shape index (κ2) is 7.16.